The van der Waals surface area contributed by atoms with Crippen LogP contribution in [-0.4, -0.2) is 29.0 Å². The predicted octanol–water partition coefficient (Wildman–Crippen LogP) is 1.59. The van der Waals surface area contributed by atoms with E-state index in [-0.39, 0.29) is 5.92 Å². The highest BCUT2D eigenvalue weighted by molar-refractivity contribution is 5.07. The second-order valence-corrected chi connectivity index (χ2v) is 4.58. The smallest absolute Gasteiger partial charge is 0.137 e. The molecular formula is C12H20O3. The SMILES string of the molecule is OC(C1=CCCO1)C(O)C1CCCCC1. The summed E-state index contributed by atoms with van der Waals surface area (Å²) < 4.78 is 5.28. The lowest BCUT2D eigenvalue weighted by molar-refractivity contribution is -0.0316. The molecule has 1 heterocycles. The van der Waals surface area contributed by atoms with E-state index in [1.165, 1.54) is 19.3 Å². The molecule has 2 unspecified atom stereocenters. The summed E-state index contributed by atoms with van der Waals surface area (Å²) in [6.07, 6.45) is 6.96. The minimum atomic E-state index is -0.810. The van der Waals surface area contributed by atoms with E-state index < -0.39 is 12.2 Å². The monoisotopic (exact) mass is 212 g/mol. The summed E-state index contributed by atoms with van der Waals surface area (Å²) in [6.45, 7) is 0.643. The van der Waals surface area contributed by atoms with Crippen LogP contribution in [0.4, 0.5) is 0 Å². The third-order valence-corrected chi connectivity index (χ3v) is 3.48. The zero-order valence-corrected chi connectivity index (χ0v) is 9.06. The van der Waals surface area contributed by atoms with Gasteiger partial charge in [-0.2, -0.15) is 0 Å². The van der Waals surface area contributed by atoms with Crippen molar-refractivity contribution in [2.45, 2.75) is 50.7 Å². The largest absolute Gasteiger partial charge is 0.495 e. The third kappa shape index (κ3) is 2.52. The van der Waals surface area contributed by atoms with Gasteiger partial charge in [0.05, 0.1) is 12.7 Å². The molecule has 86 valence electrons. The third-order valence-electron chi connectivity index (χ3n) is 3.48. The number of hydrogen-bond acceptors (Lipinski definition) is 3. The molecular weight excluding hydrogens is 192 g/mol. The van der Waals surface area contributed by atoms with Crippen molar-refractivity contribution in [2.24, 2.45) is 5.92 Å². The van der Waals surface area contributed by atoms with Gasteiger partial charge in [-0.05, 0) is 24.8 Å². The predicted molar refractivity (Wildman–Crippen MR) is 57.2 cm³/mol. The molecule has 2 N–H and O–H groups in total. The van der Waals surface area contributed by atoms with Crippen LogP contribution in [0.3, 0.4) is 0 Å². The average molecular weight is 212 g/mol. The van der Waals surface area contributed by atoms with Crippen LogP contribution >= 0.6 is 0 Å². The van der Waals surface area contributed by atoms with Gasteiger partial charge in [-0.1, -0.05) is 19.3 Å². The molecule has 1 aliphatic carbocycles. The van der Waals surface area contributed by atoms with Crippen molar-refractivity contribution in [2.75, 3.05) is 6.61 Å². The fraction of sp³-hybridized carbons (Fsp3) is 0.833. The molecule has 0 bridgehead atoms. The minimum Gasteiger partial charge on any atom is -0.495 e. The van der Waals surface area contributed by atoms with Gasteiger partial charge in [0.1, 0.15) is 11.9 Å². The average Bonchev–Trinajstić information content (AvgIpc) is 2.82. The Bertz CT molecular complexity index is 231. The van der Waals surface area contributed by atoms with E-state index in [1.807, 2.05) is 6.08 Å². The second kappa shape index (κ2) is 4.99. The van der Waals surface area contributed by atoms with Crippen LogP contribution < -0.4 is 0 Å². The molecule has 3 nitrogen and oxygen atoms in total. The summed E-state index contributed by atoms with van der Waals surface area (Å²) in [5.74, 6) is 0.826. The molecule has 1 fully saturated rings. The second-order valence-electron chi connectivity index (χ2n) is 4.58. The first-order chi connectivity index (χ1) is 7.29. The van der Waals surface area contributed by atoms with Crippen LogP contribution in [0.5, 0.6) is 0 Å². The van der Waals surface area contributed by atoms with Gasteiger partial charge in [-0.25, -0.2) is 0 Å². The fourth-order valence-electron chi connectivity index (χ4n) is 2.54. The van der Waals surface area contributed by atoms with E-state index in [4.69, 9.17) is 4.74 Å². The first-order valence-electron chi connectivity index (χ1n) is 5.98. The van der Waals surface area contributed by atoms with Gasteiger partial charge in [0.15, 0.2) is 0 Å². The van der Waals surface area contributed by atoms with Gasteiger partial charge in [-0.15, -0.1) is 0 Å². The van der Waals surface area contributed by atoms with Crippen LogP contribution in [0, 0.1) is 5.92 Å². The summed E-state index contributed by atoms with van der Waals surface area (Å²) in [5.41, 5.74) is 0. The zero-order chi connectivity index (χ0) is 10.7. The van der Waals surface area contributed by atoms with Crippen molar-refractivity contribution >= 4 is 0 Å². The van der Waals surface area contributed by atoms with Crippen LogP contribution in [0.15, 0.2) is 11.8 Å². The van der Waals surface area contributed by atoms with Crippen LogP contribution in [0.25, 0.3) is 0 Å². The Balaban J connectivity index is 1.90. The van der Waals surface area contributed by atoms with E-state index in [1.54, 1.807) is 0 Å². The van der Waals surface area contributed by atoms with Gasteiger partial charge in [0.25, 0.3) is 0 Å². The van der Waals surface area contributed by atoms with E-state index in [2.05, 4.69) is 0 Å². The lowest BCUT2D eigenvalue weighted by atomic mass is 9.83. The molecule has 2 rings (SSSR count). The molecule has 2 aliphatic rings. The Hall–Kier alpha value is -0.540. The Morgan fingerprint density at radius 2 is 1.93 bits per heavy atom. The molecule has 1 saturated carbocycles. The van der Waals surface area contributed by atoms with Gasteiger partial charge < -0.3 is 14.9 Å². The lowest BCUT2D eigenvalue weighted by Crippen LogP contribution is -2.36. The Kier molecular flexibility index (Phi) is 3.65. The molecule has 3 heteroatoms. The molecule has 0 amide bonds. The van der Waals surface area contributed by atoms with Gasteiger partial charge in [0.2, 0.25) is 0 Å². The summed E-state index contributed by atoms with van der Waals surface area (Å²) in [6, 6.07) is 0. The maximum absolute atomic E-state index is 10.0. The number of ether oxygens (including phenoxy) is 1. The first kappa shape index (κ1) is 11.0. The summed E-state index contributed by atoms with van der Waals surface area (Å²) >= 11 is 0. The summed E-state index contributed by atoms with van der Waals surface area (Å²) in [5, 5.41) is 20.0. The number of hydrogen-bond donors (Lipinski definition) is 2. The van der Waals surface area contributed by atoms with Crippen molar-refractivity contribution in [1.29, 1.82) is 0 Å². The molecule has 15 heavy (non-hydrogen) atoms. The normalized spacial score (nSPS) is 26.9. The van der Waals surface area contributed by atoms with Crippen molar-refractivity contribution in [3.05, 3.63) is 11.8 Å². The quantitative estimate of drug-likeness (QED) is 0.747. The van der Waals surface area contributed by atoms with Gasteiger partial charge >= 0.3 is 0 Å². The summed E-state index contributed by atoms with van der Waals surface area (Å²) in [4.78, 5) is 0. The molecule has 1 aliphatic heterocycles. The molecule has 2 atom stereocenters. The Morgan fingerprint density at radius 1 is 1.20 bits per heavy atom. The molecule has 0 aromatic carbocycles. The van der Waals surface area contributed by atoms with Crippen LogP contribution in [-0.2, 0) is 4.74 Å². The minimum absolute atomic E-state index is 0.249. The number of aliphatic hydroxyl groups is 2. The number of aliphatic hydroxyl groups excluding tert-OH is 2. The van der Waals surface area contributed by atoms with Gasteiger partial charge in [-0.3, -0.25) is 0 Å². The van der Waals surface area contributed by atoms with Crippen LogP contribution in [0.2, 0.25) is 0 Å². The van der Waals surface area contributed by atoms with E-state index >= 15 is 0 Å². The Morgan fingerprint density at radius 3 is 2.53 bits per heavy atom. The van der Waals surface area contributed by atoms with Crippen molar-refractivity contribution in [3.63, 3.8) is 0 Å². The Labute approximate surface area is 90.8 Å². The molecule has 0 saturated heterocycles. The van der Waals surface area contributed by atoms with E-state index in [0.29, 0.717) is 12.4 Å². The molecule has 0 aromatic heterocycles. The van der Waals surface area contributed by atoms with Gasteiger partial charge in [0, 0.05) is 6.42 Å². The highest BCUT2D eigenvalue weighted by Gasteiger charge is 2.31. The van der Waals surface area contributed by atoms with E-state index in [0.717, 1.165) is 19.3 Å². The maximum atomic E-state index is 10.0. The zero-order valence-electron chi connectivity index (χ0n) is 9.06. The van der Waals surface area contributed by atoms with E-state index in [9.17, 15) is 10.2 Å². The molecule has 0 aromatic rings. The molecule has 0 radical (unpaired) electrons. The maximum Gasteiger partial charge on any atom is 0.137 e. The van der Waals surface area contributed by atoms with Crippen LogP contribution in [0.1, 0.15) is 38.5 Å². The topological polar surface area (TPSA) is 49.7 Å². The first-order valence-corrected chi connectivity index (χ1v) is 5.98. The highest BCUT2D eigenvalue weighted by Crippen LogP contribution is 2.30. The van der Waals surface area contributed by atoms with Crippen molar-refractivity contribution in [3.8, 4) is 0 Å². The molecule has 0 spiro atoms. The number of rotatable bonds is 3. The summed E-state index contributed by atoms with van der Waals surface area (Å²) in [7, 11) is 0. The standard InChI is InChI=1S/C12H20O3/c13-11(9-5-2-1-3-6-9)12(14)10-7-4-8-15-10/h7,9,11-14H,1-6,8H2. The van der Waals surface area contributed by atoms with Crippen molar-refractivity contribution in [1.82, 2.24) is 0 Å². The fourth-order valence-corrected chi connectivity index (χ4v) is 2.54. The lowest BCUT2D eigenvalue weighted by Gasteiger charge is -2.29. The highest BCUT2D eigenvalue weighted by atomic mass is 16.5. The van der Waals surface area contributed by atoms with Crippen molar-refractivity contribution < 1.29 is 14.9 Å².